The Hall–Kier alpha value is -2.15. The third-order valence-corrected chi connectivity index (χ3v) is 10.7. The summed E-state index contributed by atoms with van der Waals surface area (Å²) in [4.78, 5) is 36.3. The van der Waals surface area contributed by atoms with Crippen LogP contribution in [0.25, 0.3) is 0 Å². The third kappa shape index (κ3) is 39.9. The molecule has 0 rings (SSSR count). The number of amides is 1. The fourth-order valence-electron chi connectivity index (χ4n) is 7.12. The highest BCUT2D eigenvalue weighted by Gasteiger charge is 2.18. The first-order chi connectivity index (χ1) is 26.9. The van der Waals surface area contributed by atoms with Crippen molar-refractivity contribution in [2.75, 3.05) is 6.54 Å². The molecule has 0 fully saturated rings. The molecule has 2 unspecified atom stereocenters. The van der Waals surface area contributed by atoms with Crippen molar-refractivity contribution in [2.24, 2.45) is 5.73 Å². The smallest absolute Gasteiger partial charge is 0.326 e. The number of carbonyl (C=O) groups is 3. The molecule has 322 valence electrons. The largest absolute Gasteiger partial charge is 0.480 e. The average Bonchev–Trinajstić information content (AvgIpc) is 3.17. The number of nitrogens with one attached hydrogen (secondary N) is 1. The number of nitrogens with two attached hydrogens (primary N) is 1. The molecule has 0 aromatic rings. The van der Waals surface area contributed by atoms with Gasteiger partial charge in [-0.3, -0.25) is 9.59 Å². The molecular formula is C48H90N2O5. The number of unbranched alkanes of at least 4 members (excludes halogenated alkanes) is 27. The predicted molar refractivity (Wildman–Crippen MR) is 234 cm³/mol. The van der Waals surface area contributed by atoms with Crippen molar-refractivity contribution >= 4 is 17.8 Å². The normalized spacial score (nSPS) is 12.8. The Kier molecular flexibility index (Phi) is 41.3. The van der Waals surface area contributed by atoms with Crippen LogP contribution in [0, 0.1) is 0 Å². The lowest BCUT2D eigenvalue weighted by Crippen LogP contribution is -2.40. The lowest BCUT2D eigenvalue weighted by molar-refractivity contribution is -0.147. The number of ether oxygens (including phenoxy) is 1. The molecule has 1 amide bonds. The van der Waals surface area contributed by atoms with Gasteiger partial charge in [0, 0.05) is 12.8 Å². The average molecular weight is 775 g/mol. The van der Waals surface area contributed by atoms with Crippen LogP contribution in [0.2, 0.25) is 0 Å². The highest BCUT2D eigenvalue weighted by Crippen LogP contribution is 2.17. The van der Waals surface area contributed by atoms with Crippen LogP contribution in [-0.4, -0.2) is 41.6 Å². The van der Waals surface area contributed by atoms with E-state index < -0.39 is 12.0 Å². The fraction of sp³-hybridized carbons (Fsp3) is 0.854. The zero-order valence-electron chi connectivity index (χ0n) is 36.3. The van der Waals surface area contributed by atoms with Gasteiger partial charge >= 0.3 is 11.9 Å². The Morgan fingerprint density at radius 2 is 0.945 bits per heavy atom. The van der Waals surface area contributed by atoms with E-state index in [-0.39, 0.29) is 18.0 Å². The van der Waals surface area contributed by atoms with Crippen LogP contribution in [0.3, 0.4) is 0 Å². The summed E-state index contributed by atoms with van der Waals surface area (Å²) in [5, 5.41) is 11.9. The van der Waals surface area contributed by atoms with E-state index in [0.29, 0.717) is 32.2 Å². The van der Waals surface area contributed by atoms with Crippen molar-refractivity contribution in [3.8, 4) is 0 Å². The van der Waals surface area contributed by atoms with E-state index in [4.69, 9.17) is 10.5 Å². The number of esters is 1. The second-order valence-corrected chi connectivity index (χ2v) is 16.2. The van der Waals surface area contributed by atoms with Crippen LogP contribution in [-0.2, 0) is 19.1 Å². The van der Waals surface area contributed by atoms with Crippen molar-refractivity contribution in [3.05, 3.63) is 24.3 Å². The molecule has 0 saturated heterocycles. The van der Waals surface area contributed by atoms with Gasteiger partial charge in [0.05, 0.1) is 0 Å². The molecule has 0 aliphatic heterocycles. The number of carbonyl (C=O) groups excluding carboxylic acids is 2. The summed E-state index contributed by atoms with van der Waals surface area (Å²) in [5.41, 5.74) is 5.48. The summed E-state index contributed by atoms with van der Waals surface area (Å²) < 4.78 is 5.98. The second-order valence-electron chi connectivity index (χ2n) is 16.2. The molecular weight excluding hydrogens is 685 g/mol. The molecule has 0 heterocycles. The first-order valence-corrected chi connectivity index (χ1v) is 23.7. The molecule has 7 nitrogen and oxygen atoms in total. The van der Waals surface area contributed by atoms with Gasteiger partial charge in [-0.05, 0) is 89.7 Å². The van der Waals surface area contributed by atoms with Crippen molar-refractivity contribution in [2.45, 2.75) is 257 Å². The Morgan fingerprint density at radius 1 is 0.527 bits per heavy atom. The second kappa shape index (κ2) is 43.0. The summed E-state index contributed by atoms with van der Waals surface area (Å²) in [6.45, 7) is 4.95. The minimum atomic E-state index is -1.00. The number of allylic oxidation sites excluding steroid dienone is 3. The van der Waals surface area contributed by atoms with Crippen LogP contribution in [0.1, 0.15) is 245 Å². The quantitative estimate of drug-likeness (QED) is 0.0322. The fourth-order valence-corrected chi connectivity index (χ4v) is 7.12. The summed E-state index contributed by atoms with van der Waals surface area (Å²) in [6, 6.07) is -0.852. The maximum absolute atomic E-state index is 12.8. The van der Waals surface area contributed by atoms with Gasteiger partial charge in [0.15, 0.2) is 0 Å². The zero-order valence-corrected chi connectivity index (χ0v) is 36.3. The Morgan fingerprint density at radius 3 is 1.42 bits per heavy atom. The maximum atomic E-state index is 12.8. The summed E-state index contributed by atoms with van der Waals surface area (Å²) in [6.07, 6.45) is 49.6. The van der Waals surface area contributed by atoms with Gasteiger partial charge in [0.25, 0.3) is 0 Å². The maximum Gasteiger partial charge on any atom is 0.326 e. The Balaban J connectivity index is 4.19. The molecule has 0 aromatic heterocycles. The minimum Gasteiger partial charge on any atom is -0.480 e. The number of hydrogen-bond donors (Lipinski definition) is 3. The van der Waals surface area contributed by atoms with Crippen LogP contribution >= 0.6 is 0 Å². The summed E-state index contributed by atoms with van der Waals surface area (Å²) in [7, 11) is 0. The molecule has 0 spiro atoms. The van der Waals surface area contributed by atoms with Crippen molar-refractivity contribution < 1.29 is 24.2 Å². The predicted octanol–water partition coefficient (Wildman–Crippen LogP) is 13.6. The van der Waals surface area contributed by atoms with E-state index >= 15 is 0 Å². The highest BCUT2D eigenvalue weighted by molar-refractivity contribution is 5.83. The molecule has 7 heteroatoms. The van der Waals surface area contributed by atoms with E-state index in [0.717, 1.165) is 64.2 Å². The number of aliphatic carboxylic acids is 1. The molecule has 55 heavy (non-hydrogen) atoms. The van der Waals surface area contributed by atoms with Gasteiger partial charge in [0.2, 0.25) is 5.91 Å². The van der Waals surface area contributed by atoms with Crippen molar-refractivity contribution in [1.82, 2.24) is 5.32 Å². The van der Waals surface area contributed by atoms with E-state index in [2.05, 4.69) is 43.5 Å². The molecule has 0 aromatic carbocycles. The monoisotopic (exact) mass is 775 g/mol. The van der Waals surface area contributed by atoms with Crippen LogP contribution in [0.15, 0.2) is 24.3 Å². The van der Waals surface area contributed by atoms with Gasteiger partial charge in [-0.15, -0.1) is 0 Å². The molecule has 2 atom stereocenters. The molecule has 0 radical (unpaired) electrons. The van der Waals surface area contributed by atoms with Gasteiger partial charge < -0.3 is 20.9 Å². The van der Waals surface area contributed by atoms with Crippen LogP contribution < -0.4 is 11.1 Å². The SMILES string of the molecule is CCCCCCCC/C=C\CCCCCCCCCCCC(=O)OC(/C=C\CCCCCCCCC)CCCCCCCCC(=O)NC(CCCN)C(=O)O. The van der Waals surface area contributed by atoms with Crippen LogP contribution in [0.4, 0.5) is 0 Å². The number of rotatable bonds is 43. The first-order valence-electron chi connectivity index (χ1n) is 23.7. The van der Waals surface area contributed by atoms with E-state index in [9.17, 15) is 19.5 Å². The zero-order chi connectivity index (χ0) is 40.3. The van der Waals surface area contributed by atoms with Gasteiger partial charge in [-0.25, -0.2) is 4.79 Å². The highest BCUT2D eigenvalue weighted by atomic mass is 16.5. The molecule has 0 saturated carbocycles. The van der Waals surface area contributed by atoms with Gasteiger partial charge in [-0.1, -0.05) is 173 Å². The van der Waals surface area contributed by atoms with Gasteiger partial charge in [-0.2, -0.15) is 0 Å². The first kappa shape index (κ1) is 52.9. The molecule has 0 aliphatic carbocycles. The number of carboxylic acids is 1. The molecule has 4 N–H and O–H groups in total. The Labute approximate surface area is 340 Å². The summed E-state index contributed by atoms with van der Waals surface area (Å²) >= 11 is 0. The van der Waals surface area contributed by atoms with Gasteiger partial charge in [0.1, 0.15) is 12.1 Å². The van der Waals surface area contributed by atoms with Crippen molar-refractivity contribution in [1.29, 1.82) is 0 Å². The van der Waals surface area contributed by atoms with E-state index in [1.54, 1.807) is 0 Å². The molecule has 0 aliphatic rings. The standard InChI is InChI=1S/C48H90N2O5/c1-3-5-7-9-11-13-14-15-16-17-18-19-20-21-22-24-26-32-36-42-47(52)55-44(38-33-29-25-23-12-10-8-6-4-2)39-34-30-27-28-31-35-41-46(51)50-45(48(53)54)40-37-43-49/h15-16,33,38,44-45H,3-14,17-32,34-37,39-43,49H2,1-2H3,(H,50,51)(H,53,54)/b16-15-,38-33-. The van der Waals surface area contributed by atoms with E-state index in [1.165, 1.54) is 141 Å². The minimum absolute atomic E-state index is 0.0574. The lowest BCUT2D eigenvalue weighted by atomic mass is 10.0. The van der Waals surface area contributed by atoms with Crippen LogP contribution in [0.5, 0.6) is 0 Å². The third-order valence-electron chi connectivity index (χ3n) is 10.7. The summed E-state index contributed by atoms with van der Waals surface area (Å²) in [5.74, 6) is -1.26. The number of carboxylic acid groups (broad SMARTS) is 1. The number of hydrogen-bond acceptors (Lipinski definition) is 5. The molecule has 0 bridgehead atoms. The van der Waals surface area contributed by atoms with E-state index in [1.807, 2.05) is 0 Å². The lowest BCUT2D eigenvalue weighted by Gasteiger charge is -2.15. The Bertz CT molecular complexity index is 920. The topological polar surface area (TPSA) is 119 Å². The van der Waals surface area contributed by atoms with Crippen molar-refractivity contribution in [3.63, 3.8) is 0 Å².